The predicted molar refractivity (Wildman–Crippen MR) is 88.2 cm³/mol. The first kappa shape index (κ1) is 14.5. The number of hydrogen-bond acceptors (Lipinski definition) is 2. The van der Waals surface area contributed by atoms with Crippen molar-refractivity contribution in [2.75, 3.05) is 5.75 Å². The molecule has 1 aliphatic carbocycles. The van der Waals surface area contributed by atoms with Crippen molar-refractivity contribution in [3.05, 3.63) is 29.8 Å². The van der Waals surface area contributed by atoms with Gasteiger partial charge in [-0.2, -0.15) is 0 Å². The Labute approximate surface area is 127 Å². The zero-order valence-electron chi connectivity index (χ0n) is 12.8. The molecule has 2 aliphatic rings. The Morgan fingerprint density at radius 2 is 1.80 bits per heavy atom. The Balaban J connectivity index is 1.60. The fraction of sp³-hybridized carbons (Fsp3) is 0.667. The highest BCUT2D eigenvalue weighted by atomic mass is 32.2. The molecule has 1 N–H and O–H groups in total. The number of benzene rings is 1. The zero-order chi connectivity index (χ0) is 13.9. The van der Waals surface area contributed by atoms with E-state index in [4.69, 9.17) is 0 Å². The average Bonchev–Trinajstić information content (AvgIpc) is 2.48. The summed E-state index contributed by atoms with van der Waals surface area (Å²) in [5, 5.41) is 3.96. The van der Waals surface area contributed by atoms with E-state index in [2.05, 4.69) is 43.4 Å². The van der Waals surface area contributed by atoms with Crippen LogP contribution in [0.5, 0.6) is 0 Å². The quantitative estimate of drug-likeness (QED) is 0.837. The van der Waals surface area contributed by atoms with Crippen LogP contribution >= 0.6 is 11.8 Å². The van der Waals surface area contributed by atoms with Gasteiger partial charge in [0.05, 0.1) is 0 Å². The topological polar surface area (TPSA) is 12.0 Å². The molecule has 0 saturated heterocycles. The van der Waals surface area contributed by atoms with Gasteiger partial charge in [-0.25, -0.2) is 0 Å². The second kappa shape index (κ2) is 6.53. The molecule has 1 atom stereocenters. The molecule has 3 rings (SSSR count). The highest BCUT2D eigenvalue weighted by Gasteiger charge is 2.27. The molecule has 1 fully saturated rings. The molecule has 2 heteroatoms. The molecule has 0 aromatic heterocycles. The SMILES string of the molecule is CC(C)C1CCC(NC2CCSc3ccccc32)CC1. The third kappa shape index (κ3) is 3.23. The molecule has 1 nitrogen and oxygen atoms in total. The number of rotatable bonds is 3. The summed E-state index contributed by atoms with van der Waals surface area (Å²) < 4.78 is 0. The number of nitrogens with one attached hydrogen (secondary N) is 1. The van der Waals surface area contributed by atoms with Crippen molar-refractivity contribution in [2.45, 2.75) is 62.9 Å². The third-order valence-corrected chi connectivity index (χ3v) is 6.23. The first-order valence-corrected chi connectivity index (χ1v) is 9.20. The molecule has 1 saturated carbocycles. The van der Waals surface area contributed by atoms with Crippen LogP contribution in [-0.4, -0.2) is 11.8 Å². The second-order valence-corrected chi connectivity index (χ2v) is 7.89. The molecule has 1 aromatic carbocycles. The smallest absolute Gasteiger partial charge is 0.0341 e. The molecule has 110 valence electrons. The lowest BCUT2D eigenvalue weighted by Gasteiger charge is -2.35. The van der Waals surface area contributed by atoms with Gasteiger partial charge >= 0.3 is 0 Å². The monoisotopic (exact) mass is 289 g/mol. The van der Waals surface area contributed by atoms with Crippen molar-refractivity contribution >= 4 is 11.8 Å². The van der Waals surface area contributed by atoms with Crippen molar-refractivity contribution < 1.29 is 0 Å². The van der Waals surface area contributed by atoms with Crippen LogP contribution in [0.15, 0.2) is 29.2 Å². The number of fused-ring (bicyclic) bond motifs is 1. The van der Waals surface area contributed by atoms with Crippen LogP contribution in [0.4, 0.5) is 0 Å². The van der Waals surface area contributed by atoms with Crippen LogP contribution in [0.3, 0.4) is 0 Å². The first-order valence-electron chi connectivity index (χ1n) is 8.22. The Bertz CT molecular complexity index is 435. The van der Waals surface area contributed by atoms with Gasteiger partial charge in [0.15, 0.2) is 0 Å². The van der Waals surface area contributed by atoms with E-state index in [0.29, 0.717) is 6.04 Å². The van der Waals surface area contributed by atoms with E-state index in [1.807, 2.05) is 11.8 Å². The summed E-state index contributed by atoms with van der Waals surface area (Å²) in [6, 6.07) is 10.3. The third-order valence-electron chi connectivity index (χ3n) is 5.11. The summed E-state index contributed by atoms with van der Waals surface area (Å²) in [6.07, 6.45) is 6.85. The first-order chi connectivity index (χ1) is 9.74. The molecule has 1 aliphatic heterocycles. The molecule has 1 aromatic rings. The van der Waals surface area contributed by atoms with E-state index in [1.165, 1.54) is 48.3 Å². The highest BCUT2D eigenvalue weighted by Crippen LogP contribution is 2.37. The van der Waals surface area contributed by atoms with Crippen molar-refractivity contribution in [1.82, 2.24) is 5.32 Å². The largest absolute Gasteiger partial charge is 0.307 e. The van der Waals surface area contributed by atoms with Crippen LogP contribution in [0, 0.1) is 11.8 Å². The molecule has 0 bridgehead atoms. The standard InChI is InChI=1S/C18H27NS/c1-13(2)14-7-9-15(10-8-14)19-17-11-12-20-18-6-4-3-5-16(17)18/h3-6,13-15,17,19H,7-12H2,1-2H3. The van der Waals surface area contributed by atoms with Crippen molar-refractivity contribution in [2.24, 2.45) is 11.8 Å². The van der Waals surface area contributed by atoms with E-state index in [9.17, 15) is 0 Å². The lowest BCUT2D eigenvalue weighted by molar-refractivity contribution is 0.227. The van der Waals surface area contributed by atoms with E-state index in [-0.39, 0.29) is 0 Å². The molecular weight excluding hydrogens is 262 g/mol. The number of hydrogen-bond donors (Lipinski definition) is 1. The summed E-state index contributed by atoms with van der Waals surface area (Å²) >= 11 is 2.02. The van der Waals surface area contributed by atoms with Gasteiger partial charge < -0.3 is 5.32 Å². The maximum Gasteiger partial charge on any atom is 0.0341 e. The van der Waals surface area contributed by atoms with E-state index >= 15 is 0 Å². The second-order valence-electron chi connectivity index (χ2n) is 6.75. The summed E-state index contributed by atoms with van der Waals surface area (Å²) in [5.41, 5.74) is 1.54. The van der Waals surface area contributed by atoms with Crippen molar-refractivity contribution in [1.29, 1.82) is 0 Å². The van der Waals surface area contributed by atoms with Gasteiger partial charge in [0, 0.05) is 17.0 Å². The molecule has 1 heterocycles. The Morgan fingerprint density at radius 1 is 1.05 bits per heavy atom. The van der Waals surface area contributed by atoms with Gasteiger partial charge in [-0.1, -0.05) is 32.0 Å². The van der Waals surface area contributed by atoms with Gasteiger partial charge in [0.25, 0.3) is 0 Å². The molecule has 0 spiro atoms. The van der Waals surface area contributed by atoms with Gasteiger partial charge in [-0.3, -0.25) is 0 Å². The van der Waals surface area contributed by atoms with Crippen LogP contribution in [0.1, 0.15) is 57.6 Å². The average molecular weight is 289 g/mol. The zero-order valence-corrected chi connectivity index (χ0v) is 13.6. The van der Waals surface area contributed by atoms with Crippen molar-refractivity contribution in [3.8, 4) is 0 Å². The van der Waals surface area contributed by atoms with E-state index in [1.54, 1.807) is 0 Å². The van der Waals surface area contributed by atoms with Crippen LogP contribution in [0.2, 0.25) is 0 Å². The van der Waals surface area contributed by atoms with Crippen LogP contribution in [-0.2, 0) is 0 Å². The lowest BCUT2D eigenvalue weighted by Crippen LogP contribution is -2.37. The predicted octanol–water partition coefficient (Wildman–Crippen LogP) is 5.03. The Morgan fingerprint density at radius 3 is 2.55 bits per heavy atom. The fourth-order valence-electron chi connectivity index (χ4n) is 3.75. The van der Waals surface area contributed by atoms with Gasteiger partial charge in [0.2, 0.25) is 0 Å². The maximum atomic E-state index is 3.96. The van der Waals surface area contributed by atoms with E-state index in [0.717, 1.165) is 17.9 Å². The van der Waals surface area contributed by atoms with Gasteiger partial charge in [-0.05, 0) is 61.3 Å². The van der Waals surface area contributed by atoms with Gasteiger partial charge in [0.1, 0.15) is 0 Å². The van der Waals surface area contributed by atoms with E-state index < -0.39 is 0 Å². The minimum atomic E-state index is 0.591. The Kier molecular flexibility index (Phi) is 4.72. The molecule has 0 radical (unpaired) electrons. The summed E-state index contributed by atoms with van der Waals surface area (Å²) in [7, 11) is 0. The minimum Gasteiger partial charge on any atom is -0.307 e. The molecule has 20 heavy (non-hydrogen) atoms. The molecule has 0 amide bonds. The summed E-state index contributed by atoms with van der Waals surface area (Å²) in [4.78, 5) is 1.49. The lowest BCUT2D eigenvalue weighted by atomic mass is 9.79. The normalized spacial score (nSPS) is 30.2. The summed E-state index contributed by atoms with van der Waals surface area (Å²) in [5.74, 6) is 3.08. The Hall–Kier alpha value is -0.470. The maximum absolute atomic E-state index is 3.96. The molecule has 1 unspecified atom stereocenters. The highest BCUT2D eigenvalue weighted by molar-refractivity contribution is 7.99. The van der Waals surface area contributed by atoms with Crippen LogP contribution < -0.4 is 5.32 Å². The summed E-state index contributed by atoms with van der Waals surface area (Å²) in [6.45, 7) is 4.76. The van der Waals surface area contributed by atoms with Crippen molar-refractivity contribution in [3.63, 3.8) is 0 Å². The van der Waals surface area contributed by atoms with Crippen LogP contribution in [0.25, 0.3) is 0 Å². The molecular formula is C18H27NS. The number of thioether (sulfide) groups is 1. The fourth-order valence-corrected chi connectivity index (χ4v) is 4.88. The van der Waals surface area contributed by atoms with Gasteiger partial charge in [-0.15, -0.1) is 11.8 Å². The minimum absolute atomic E-state index is 0.591.